The van der Waals surface area contributed by atoms with Gasteiger partial charge in [0.1, 0.15) is 0 Å². The van der Waals surface area contributed by atoms with Crippen molar-refractivity contribution in [1.29, 1.82) is 0 Å². The van der Waals surface area contributed by atoms with Gasteiger partial charge in [0.25, 0.3) is 10.0 Å². The van der Waals surface area contributed by atoms with E-state index in [4.69, 9.17) is 12.2 Å². The zero-order valence-electron chi connectivity index (χ0n) is 16.3. The average Bonchev–Trinajstić information content (AvgIpc) is 3.42. The van der Waals surface area contributed by atoms with Crippen molar-refractivity contribution in [1.82, 2.24) is 5.32 Å². The first kappa shape index (κ1) is 21.2. The van der Waals surface area contributed by atoms with Crippen LogP contribution in [0.3, 0.4) is 0 Å². The highest BCUT2D eigenvalue weighted by Gasteiger charge is 2.30. The molecule has 0 aliphatic carbocycles. The number of nitrogens with zero attached hydrogens (tertiary/aromatic N) is 1. The van der Waals surface area contributed by atoms with Crippen molar-refractivity contribution >= 4 is 62.0 Å². The van der Waals surface area contributed by atoms with Crippen LogP contribution in [0, 0.1) is 0 Å². The van der Waals surface area contributed by atoms with Crippen molar-refractivity contribution in [2.75, 3.05) is 16.2 Å². The fourth-order valence-electron chi connectivity index (χ4n) is 3.25. The molecule has 4 rings (SSSR count). The number of thiophene rings is 1. The Hall–Kier alpha value is -3.01. The van der Waals surface area contributed by atoms with Crippen molar-refractivity contribution in [3.63, 3.8) is 0 Å². The third-order valence-electron chi connectivity index (χ3n) is 4.72. The predicted molar refractivity (Wildman–Crippen MR) is 129 cm³/mol. The predicted octanol–water partition coefficient (Wildman–Crippen LogP) is 4.03. The first-order valence-electron chi connectivity index (χ1n) is 9.48. The fourth-order valence-corrected chi connectivity index (χ4v) is 5.59. The van der Waals surface area contributed by atoms with Gasteiger partial charge in [-0.2, -0.15) is 0 Å². The van der Waals surface area contributed by atoms with Gasteiger partial charge in [-0.15, -0.1) is 11.3 Å². The molecule has 0 bridgehead atoms. The molecule has 0 unspecified atom stereocenters. The standard InChI is InChI=1S/C22H19N3O3S3/c26-21(12-9-18-5-3-15-30-18)24-22(29)23-17-7-10-19(11-8-17)31(27,28)25-14-13-16-4-1-2-6-20(16)25/h1-12,15H,13-14H2,(H2,23,24,26,29)/b12-9+. The van der Waals surface area contributed by atoms with Crippen molar-refractivity contribution in [2.24, 2.45) is 0 Å². The molecule has 1 aliphatic rings. The second kappa shape index (κ2) is 9.01. The molecule has 1 amide bonds. The lowest BCUT2D eigenvalue weighted by molar-refractivity contribution is -0.115. The van der Waals surface area contributed by atoms with Crippen molar-refractivity contribution < 1.29 is 13.2 Å². The number of rotatable bonds is 5. The number of hydrogen-bond acceptors (Lipinski definition) is 5. The molecule has 0 fully saturated rings. The lowest BCUT2D eigenvalue weighted by Crippen LogP contribution is -2.32. The van der Waals surface area contributed by atoms with E-state index in [-0.39, 0.29) is 15.9 Å². The maximum absolute atomic E-state index is 13.1. The molecule has 1 aliphatic heterocycles. The van der Waals surface area contributed by atoms with Gasteiger partial charge in [0.15, 0.2) is 5.11 Å². The highest BCUT2D eigenvalue weighted by molar-refractivity contribution is 7.92. The summed E-state index contributed by atoms with van der Waals surface area (Å²) in [7, 11) is -3.65. The Bertz CT molecular complexity index is 1230. The molecule has 0 radical (unpaired) electrons. The van der Waals surface area contributed by atoms with Crippen LogP contribution in [0.25, 0.3) is 6.08 Å². The number of nitrogens with one attached hydrogen (secondary N) is 2. The maximum Gasteiger partial charge on any atom is 0.264 e. The van der Waals surface area contributed by atoms with E-state index in [0.717, 1.165) is 16.1 Å². The molecule has 2 heterocycles. The lowest BCUT2D eigenvalue weighted by atomic mass is 10.2. The van der Waals surface area contributed by atoms with E-state index in [0.29, 0.717) is 18.7 Å². The molecular weight excluding hydrogens is 450 g/mol. The Morgan fingerprint density at radius 2 is 1.84 bits per heavy atom. The number of fused-ring (bicyclic) bond motifs is 1. The lowest BCUT2D eigenvalue weighted by Gasteiger charge is -2.19. The van der Waals surface area contributed by atoms with Gasteiger partial charge in [-0.25, -0.2) is 8.42 Å². The first-order chi connectivity index (χ1) is 14.9. The molecule has 2 aromatic carbocycles. The van der Waals surface area contributed by atoms with Gasteiger partial charge in [0, 0.05) is 23.2 Å². The van der Waals surface area contributed by atoms with Crippen LogP contribution < -0.4 is 14.9 Å². The second-order valence-electron chi connectivity index (χ2n) is 6.77. The van der Waals surface area contributed by atoms with Gasteiger partial charge in [-0.3, -0.25) is 14.4 Å². The summed E-state index contributed by atoms with van der Waals surface area (Å²) in [5, 5.41) is 7.51. The van der Waals surface area contributed by atoms with Crippen molar-refractivity contribution in [2.45, 2.75) is 11.3 Å². The van der Waals surface area contributed by atoms with Crippen LogP contribution in [0.15, 0.2) is 77.0 Å². The van der Waals surface area contributed by atoms with E-state index in [2.05, 4.69) is 10.6 Å². The highest BCUT2D eigenvalue weighted by Crippen LogP contribution is 2.32. The van der Waals surface area contributed by atoms with Gasteiger partial charge < -0.3 is 5.32 Å². The minimum absolute atomic E-state index is 0.130. The normalized spacial score (nSPS) is 13.2. The molecule has 31 heavy (non-hydrogen) atoms. The summed E-state index contributed by atoms with van der Waals surface area (Å²) < 4.78 is 27.6. The van der Waals surface area contributed by atoms with Crippen LogP contribution >= 0.6 is 23.6 Å². The topological polar surface area (TPSA) is 78.5 Å². The van der Waals surface area contributed by atoms with Crippen LogP contribution in [0.1, 0.15) is 10.4 Å². The SMILES string of the molecule is O=C(/C=C/c1cccs1)NC(=S)Nc1ccc(S(=O)(=O)N2CCc3ccccc32)cc1. The summed E-state index contributed by atoms with van der Waals surface area (Å²) in [6, 6.07) is 17.6. The van der Waals surface area contributed by atoms with Crippen LogP contribution in [0.4, 0.5) is 11.4 Å². The van der Waals surface area contributed by atoms with E-state index in [1.54, 1.807) is 18.2 Å². The molecule has 2 N–H and O–H groups in total. The maximum atomic E-state index is 13.1. The largest absolute Gasteiger partial charge is 0.332 e. The minimum atomic E-state index is -3.65. The third-order valence-corrected chi connectivity index (χ3v) is 7.59. The van der Waals surface area contributed by atoms with Crippen molar-refractivity contribution in [3.05, 3.63) is 82.6 Å². The first-order valence-corrected chi connectivity index (χ1v) is 12.2. The van der Waals surface area contributed by atoms with Crippen LogP contribution in [0.5, 0.6) is 0 Å². The van der Waals surface area contributed by atoms with Crippen molar-refractivity contribution in [3.8, 4) is 0 Å². The van der Waals surface area contributed by atoms with Gasteiger partial charge in [0.05, 0.1) is 10.6 Å². The summed E-state index contributed by atoms with van der Waals surface area (Å²) in [5.74, 6) is -0.349. The Balaban J connectivity index is 1.39. The Morgan fingerprint density at radius 1 is 1.06 bits per heavy atom. The molecule has 0 saturated carbocycles. The zero-order valence-corrected chi connectivity index (χ0v) is 18.8. The number of carbonyl (C=O) groups is 1. The molecule has 9 heteroatoms. The number of anilines is 2. The number of amides is 1. The van der Waals surface area contributed by atoms with Crippen LogP contribution in [0.2, 0.25) is 0 Å². The number of para-hydroxylation sites is 1. The Labute approximate surface area is 190 Å². The quantitative estimate of drug-likeness (QED) is 0.436. The Morgan fingerprint density at radius 3 is 2.58 bits per heavy atom. The molecular formula is C22H19N3O3S3. The molecule has 0 atom stereocenters. The molecule has 0 saturated heterocycles. The summed E-state index contributed by atoms with van der Waals surface area (Å²) in [4.78, 5) is 13.1. The molecule has 6 nitrogen and oxygen atoms in total. The number of sulfonamides is 1. The summed E-state index contributed by atoms with van der Waals surface area (Å²) in [6.45, 7) is 0.427. The van der Waals surface area contributed by atoms with Gasteiger partial charge in [-0.1, -0.05) is 24.3 Å². The second-order valence-corrected chi connectivity index (χ2v) is 10.0. The molecule has 158 valence electrons. The fraction of sp³-hybridized carbons (Fsp3) is 0.0909. The van der Waals surface area contributed by atoms with Gasteiger partial charge in [0.2, 0.25) is 5.91 Å². The monoisotopic (exact) mass is 469 g/mol. The average molecular weight is 470 g/mol. The zero-order chi connectivity index (χ0) is 21.8. The summed E-state index contributed by atoms with van der Waals surface area (Å²) >= 11 is 6.69. The number of hydrogen-bond donors (Lipinski definition) is 2. The van der Waals surface area contributed by atoms with Crippen LogP contribution in [-0.2, 0) is 21.2 Å². The highest BCUT2D eigenvalue weighted by atomic mass is 32.2. The molecule has 1 aromatic heterocycles. The van der Waals surface area contributed by atoms with E-state index < -0.39 is 10.0 Å². The smallest absolute Gasteiger partial charge is 0.264 e. The Kier molecular flexibility index (Phi) is 6.17. The summed E-state index contributed by atoms with van der Waals surface area (Å²) in [6.07, 6.45) is 3.81. The molecule has 0 spiro atoms. The van der Waals surface area contributed by atoms with E-state index in [1.165, 1.54) is 33.9 Å². The third kappa shape index (κ3) is 4.84. The number of carbonyl (C=O) groups excluding carboxylic acids is 1. The van der Waals surface area contributed by atoms with E-state index in [9.17, 15) is 13.2 Å². The van der Waals surface area contributed by atoms with Gasteiger partial charge in [-0.05, 0) is 72.1 Å². The number of thiocarbonyl (C=S) groups is 1. The minimum Gasteiger partial charge on any atom is -0.332 e. The number of benzene rings is 2. The van der Waals surface area contributed by atoms with Crippen LogP contribution in [-0.4, -0.2) is 26.0 Å². The summed E-state index contributed by atoms with van der Waals surface area (Å²) in [5.41, 5.74) is 2.33. The van der Waals surface area contributed by atoms with E-state index >= 15 is 0 Å². The molecule has 3 aromatic rings. The van der Waals surface area contributed by atoms with Gasteiger partial charge >= 0.3 is 0 Å². The van der Waals surface area contributed by atoms with E-state index in [1.807, 2.05) is 41.8 Å².